The van der Waals surface area contributed by atoms with Crippen molar-refractivity contribution in [3.05, 3.63) is 60.4 Å². The number of methoxy groups -OCH3 is 1. The van der Waals surface area contributed by atoms with E-state index in [1.807, 2.05) is 0 Å². The third-order valence-electron chi connectivity index (χ3n) is 4.18. The van der Waals surface area contributed by atoms with Crippen LogP contribution in [0, 0.1) is 5.82 Å². The normalized spacial score (nSPS) is 11.8. The fourth-order valence-electron chi connectivity index (χ4n) is 2.56. The molecular formula is C19H18FN3O5S2. The van der Waals surface area contributed by atoms with E-state index >= 15 is 0 Å². The second-order valence-corrected chi connectivity index (χ2v) is 10.1. The van der Waals surface area contributed by atoms with Crippen LogP contribution in [-0.4, -0.2) is 39.9 Å². The van der Waals surface area contributed by atoms with Gasteiger partial charge < -0.3 is 4.74 Å². The summed E-state index contributed by atoms with van der Waals surface area (Å²) < 4.78 is 69.9. The van der Waals surface area contributed by atoms with Crippen LogP contribution in [-0.2, 0) is 19.9 Å². The van der Waals surface area contributed by atoms with E-state index in [0.29, 0.717) is 11.3 Å². The molecule has 158 valence electrons. The molecule has 3 aromatic rings. The summed E-state index contributed by atoms with van der Waals surface area (Å²) in [6.07, 6.45) is 0. The van der Waals surface area contributed by atoms with Crippen molar-refractivity contribution in [3.63, 3.8) is 0 Å². The molecule has 1 N–H and O–H groups in total. The zero-order chi connectivity index (χ0) is 21.9. The molecule has 0 aliphatic heterocycles. The van der Waals surface area contributed by atoms with Gasteiger partial charge in [-0.3, -0.25) is 4.72 Å². The standard InChI is InChI=1S/C19H18FN3O5S2/c1-3-29(24,25)19-10-8-17(21-22-19)13-5-4-6-14(11-13)23-30(26,27)15-7-9-18(28-2)16(20)12-15/h4-12,23H,3H2,1-2H3. The molecule has 8 nitrogen and oxygen atoms in total. The highest BCUT2D eigenvalue weighted by Gasteiger charge is 2.18. The fourth-order valence-corrected chi connectivity index (χ4v) is 4.36. The highest BCUT2D eigenvalue weighted by molar-refractivity contribution is 7.92. The lowest BCUT2D eigenvalue weighted by Gasteiger charge is -2.10. The molecular weight excluding hydrogens is 433 g/mol. The molecule has 0 fully saturated rings. The first kappa shape index (κ1) is 21.7. The number of rotatable bonds is 7. The van der Waals surface area contributed by atoms with Crippen LogP contribution >= 0.6 is 0 Å². The number of benzene rings is 2. The SMILES string of the molecule is CCS(=O)(=O)c1ccc(-c2cccc(NS(=O)(=O)c3ccc(OC)c(F)c3)c2)nn1. The van der Waals surface area contributed by atoms with E-state index < -0.39 is 25.7 Å². The molecule has 0 atom stereocenters. The number of halogens is 1. The summed E-state index contributed by atoms with van der Waals surface area (Å²) in [5.74, 6) is -0.959. The molecule has 0 bridgehead atoms. The summed E-state index contributed by atoms with van der Waals surface area (Å²) in [4.78, 5) is -0.264. The van der Waals surface area contributed by atoms with E-state index in [0.717, 1.165) is 6.07 Å². The van der Waals surface area contributed by atoms with Gasteiger partial charge in [0.1, 0.15) is 0 Å². The molecule has 0 aliphatic carbocycles. The smallest absolute Gasteiger partial charge is 0.262 e. The number of anilines is 1. The fraction of sp³-hybridized carbons (Fsp3) is 0.158. The second-order valence-electron chi connectivity index (χ2n) is 6.14. The van der Waals surface area contributed by atoms with Crippen LogP contribution in [0.5, 0.6) is 5.75 Å². The quantitative estimate of drug-likeness (QED) is 0.587. The number of nitrogens with one attached hydrogen (secondary N) is 1. The highest BCUT2D eigenvalue weighted by Crippen LogP contribution is 2.25. The zero-order valence-electron chi connectivity index (χ0n) is 16.0. The Morgan fingerprint density at radius 1 is 1.00 bits per heavy atom. The van der Waals surface area contributed by atoms with Gasteiger partial charge in [0.15, 0.2) is 26.4 Å². The predicted molar refractivity (Wildman–Crippen MR) is 109 cm³/mol. The first-order valence-electron chi connectivity index (χ1n) is 8.69. The van der Waals surface area contributed by atoms with Gasteiger partial charge >= 0.3 is 0 Å². The van der Waals surface area contributed by atoms with Crippen LogP contribution in [0.15, 0.2) is 64.5 Å². The molecule has 0 saturated carbocycles. The van der Waals surface area contributed by atoms with Gasteiger partial charge in [0.05, 0.1) is 23.5 Å². The minimum absolute atomic E-state index is 0.0666. The van der Waals surface area contributed by atoms with Crippen molar-refractivity contribution >= 4 is 25.5 Å². The van der Waals surface area contributed by atoms with Crippen molar-refractivity contribution in [1.82, 2.24) is 10.2 Å². The Bertz CT molecular complexity index is 1280. The lowest BCUT2D eigenvalue weighted by molar-refractivity contribution is 0.385. The Hall–Kier alpha value is -3.05. The Morgan fingerprint density at radius 3 is 2.37 bits per heavy atom. The monoisotopic (exact) mass is 451 g/mol. The molecule has 0 spiro atoms. The van der Waals surface area contributed by atoms with Gasteiger partial charge in [-0.15, -0.1) is 10.2 Å². The summed E-state index contributed by atoms with van der Waals surface area (Å²) in [6.45, 7) is 1.51. The topological polar surface area (TPSA) is 115 Å². The summed E-state index contributed by atoms with van der Waals surface area (Å²) in [5, 5.41) is 7.53. The largest absolute Gasteiger partial charge is 0.494 e. The third kappa shape index (κ3) is 4.57. The van der Waals surface area contributed by atoms with E-state index in [-0.39, 0.29) is 27.1 Å². The lowest BCUT2D eigenvalue weighted by Crippen LogP contribution is -2.13. The number of hydrogen-bond acceptors (Lipinski definition) is 7. The van der Waals surface area contributed by atoms with E-state index in [9.17, 15) is 21.2 Å². The summed E-state index contributed by atoms with van der Waals surface area (Å²) in [5.41, 5.74) is 1.10. The molecule has 0 saturated heterocycles. The molecule has 30 heavy (non-hydrogen) atoms. The maximum absolute atomic E-state index is 13.9. The van der Waals surface area contributed by atoms with Gasteiger partial charge in [0, 0.05) is 11.3 Å². The molecule has 0 radical (unpaired) electrons. The van der Waals surface area contributed by atoms with Crippen LogP contribution in [0.25, 0.3) is 11.3 Å². The van der Waals surface area contributed by atoms with E-state index in [2.05, 4.69) is 14.9 Å². The number of sulfone groups is 1. The van der Waals surface area contributed by atoms with Gasteiger partial charge in [-0.1, -0.05) is 19.1 Å². The van der Waals surface area contributed by atoms with E-state index in [4.69, 9.17) is 4.74 Å². The van der Waals surface area contributed by atoms with Crippen molar-refractivity contribution in [1.29, 1.82) is 0 Å². The zero-order valence-corrected chi connectivity index (χ0v) is 17.7. The number of sulfonamides is 1. The molecule has 0 amide bonds. The number of aromatic nitrogens is 2. The van der Waals surface area contributed by atoms with Crippen molar-refractivity contribution in [2.45, 2.75) is 16.8 Å². The van der Waals surface area contributed by atoms with E-state index in [1.165, 1.54) is 50.4 Å². The Labute approximate surface area is 173 Å². The third-order valence-corrected chi connectivity index (χ3v) is 7.18. The molecule has 1 heterocycles. The van der Waals surface area contributed by atoms with Crippen molar-refractivity contribution in [2.75, 3.05) is 17.6 Å². The molecule has 2 aromatic carbocycles. The maximum Gasteiger partial charge on any atom is 0.262 e. The van der Waals surface area contributed by atoms with Gasteiger partial charge in [-0.25, -0.2) is 21.2 Å². The van der Waals surface area contributed by atoms with Crippen LogP contribution in [0.3, 0.4) is 0 Å². The first-order valence-corrected chi connectivity index (χ1v) is 11.8. The molecule has 11 heteroatoms. The van der Waals surface area contributed by atoms with Crippen molar-refractivity contribution in [3.8, 4) is 17.0 Å². The maximum atomic E-state index is 13.9. The van der Waals surface area contributed by atoms with Crippen LogP contribution in [0.1, 0.15) is 6.92 Å². The lowest BCUT2D eigenvalue weighted by atomic mass is 10.1. The minimum atomic E-state index is -4.05. The molecule has 0 aliphatic rings. The van der Waals surface area contributed by atoms with Crippen LogP contribution in [0.2, 0.25) is 0 Å². The molecule has 0 unspecified atom stereocenters. The predicted octanol–water partition coefficient (Wildman–Crippen LogP) is 2.89. The van der Waals surface area contributed by atoms with Crippen molar-refractivity contribution in [2.24, 2.45) is 0 Å². The highest BCUT2D eigenvalue weighted by atomic mass is 32.2. The molecule has 1 aromatic heterocycles. The van der Waals surface area contributed by atoms with Gasteiger partial charge in [0.2, 0.25) is 0 Å². The van der Waals surface area contributed by atoms with Crippen LogP contribution < -0.4 is 9.46 Å². The number of nitrogens with zero attached hydrogens (tertiary/aromatic N) is 2. The Kier molecular flexibility index (Phi) is 6.04. The summed E-state index contributed by atoms with van der Waals surface area (Å²) in [7, 11) is -6.24. The van der Waals surface area contributed by atoms with E-state index in [1.54, 1.807) is 12.1 Å². The molecule has 3 rings (SSSR count). The Morgan fingerprint density at radius 2 is 1.77 bits per heavy atom. The van der Waals surface area contributed by atoms with Crippen LogP contribution in [0.4, 0.5) is 10.1 Å². The van der Waals surface area contributed by atoms with Gasteiger partial charge in [0.25, 0.3) is 10.0 Å². The van der Waals surface area contributed by atoms with Crippen molar-refractivity contribution < 1.29 is 26.0 Å². The van der Waals surface area contributed by atoms with Gasteiger partial charge in [-0.2, -0.15) is 0 Å². The average molecular weight is 452 g/mol. The Balaban J connectivity index is 1.88. The first-order chi connectivity index (χ1) is 14.2. The number of hydrogen-bond donors (Lipinski definition) is 1. The van der Waals surface area contributed by atoms with Gasteiger partial charge in [-0.05, 0) is 42.5 Å². The minimum Gasteiger partial charge on any atom is -0.494 e. The summed E-state index contributed by atoms with van der Waals surface area (Å²) >= 11 is 0. The average Bonchev–Trinajstić information content (AvgIpc) is 2.73. The number of ether oxygens (including phenoxy) is 1. The summed E-state index contributed by atoms with van der Waals surface area (Å²) in [6, 6.07) is 12.4. The second kappa shape index (κ2) is 8.36.